The standard InChI is InChI=1S/C15H23ClN2O2/c1-11(2)20-9-5-8-17-15(19)18-12(3)13-6-4-7-14(16)10-13/h4,6-7,10-12H,5,8-9H2,1-3H3,(H2,17,18,19)/t12-/m0/s1. The van der Waals surface area contributed by atoms with Crippen LogP contribution in [0.25, 0.3) is 0 Å². The van der Waals surface area contributed by atoms with Gasteiger partial charge in [0.2, 0.25) is 0 Å². The van der Waals surface area contributed by atoms with Gasteiger partial charge in [0, 0.05) is 18.2 Å². The first-order chi connectivity index (χ1) is 9.49. The highest BCUT2D eigenvalue weighted by atomic mass is 35.5. The molecule has 1 rings (SSSR count). The maximum absolute atomic E-state index is 11.7. The Labute approximate surface area is 125 Å². The summed E-state index contributed by atoms with van der Waals surface area (Å²) >= 11 is 5.93. The molecule has 0 bridgehead atoms. The van der Waals surface area contributed by atoms with Gasteiger partial charge >= 0.3 is 6.03 Å². The van der Waals surface area contributed by atoms with Gasteiger partial charge in [0.1, 0.15) is 0 Å². The third kappa shape index (κ3) is 6.78. The van der Waals surface area contributed by atoms with Gasteiger partial charge in [-0.25, -0.2) is 4.79 Å². The average Bonchev–Trinajstić information content (AvgIpc) is 2.37. The minimum absolute atomic E-state index is 0.0828. The molecule has 0 fully saturated rings. The number of ether oxygens (including phenoxy) is 1. The Bertz CT molecular complexity index is 424. The molecule has 5 heteroatoms. The lowest BCUT2D eigenvalue weighted by Gasteiger charge is -2.15. The number of carbonyl (C=O) groups is 1. The monoisotopic (exact) mass is 298 g/mol. The highest BCUT2D eigenvalue weighted by molar-refractivity contribution is 6.30. The van der Waals surface area contributed by atoms with Gasteiger partial charge in [-0.05, 0) is 44.9 Å². The van der Waals surface area contributed by atoms with Gasteiger partial charge in [0.25, 0.3) is 0 Å². The van der Waals surface area contributed by atoms with Gasteiger partial charge in [-0.3, -0.25) is 0 Å². The van der Waals surface area contributed by atoms with Crippen molar-refractivity contribution in [3.8, 4) is 0 Å². The number of hydrogen-bond donors (Lipinski definition) is 2. The highest BCUT2D eigenvalue weighted by Gasteiger charge is 2.09. The van der Waals surface area contributed by atoms with Crippen LogP contribution >= 0.6 is 11.6 Å². The lowest BCUT2D eigenvalue weighted by atomic mass is 10.1. The first kappa shape index (κ1) is 16.8. The highest BCUT2D eigenvalue weighted by Crippen LogP contribution is 2.16. The van der Waals surface area contributed by atoms with Crippen molar-refractivity contribution < 1.29 is 9.53 Å². The minimum atomic E-state index is -0.179. The van der Waals surface area contributed by atoms with E-state index in [4.69, 9.17) is 16.3 Å². The quantitative estimate of drug-likeness (QED) is 0.757. The van der Waals surface area contributed by atoms with Crippen LogP contribution in [0, 0.1) is 0 Å². The molecule has 112 valence electrons. The average molecular weight is 299 g/mol. The number of urea groups is 1. The van der Waals surface area contributed by atoms with E-state index < -0.39 is 0 Å². The predicted molar refractivity (Wildman–Crippen MR) is 82.1 cm³/mol. The molecule has 1 atom stereocenters. The fourth-order valence-electron chi connectivity index (χ4n) is 1.70. The first-order valence-electron chi connectivity index (χ1n) is 6.90. The van der Waals surface area contributed by atoms with E-state index in [1.807, 2.05) is 45.0 Å². The third-order valence-electron chi connectivity index (χ3n) is 2.75. The molecule has 0 unspecified atom stereocenters. The second-order valence-corrected chi connectivity index (χ2v) is 5.39. The van der Waals surface area contributed by atoms with Crippen molar-refractivity contribution in [3.63, 3.8) is 0 Å². The van der Waals surface area contributed by atoms with Crippen LogP contribution in [0.5, 0.6) is 0 Å². The Morgan fingerprint density at radius 2 is 2.10 bits per heavy atom. The molecule has 2 N–H and O–H groups in total. The minimum Gasteiger partial charge on any atom is -0.379 e. The Kier molecular flexibility index (Phi) is 7.41. The van der Waals surface area contributed by atoms with E-state index in [0.29, 0.717) is 18.2 Å². The molecule has 20 heavy (non-hydrogen) atoms. The summed E-state index contributed by atoms with van der Waals surface area (Å²) in [6.45, 7) is 7.16. The Morgan fingerprint density at radius 3 is 2.75 bits per heavy atom. The Balaban J connectivity index is 2.25. The third-order valence-corrected chi connectivity index (χ3v) is 2.99. The lowest BCUT2D eigenvalue weighted by Crippen LogP contribution is -2.37. The molecule has 0 aliphatic carbocycles. The molecule has 1 aromatic rings. The fourth-order valence-corrected chi connectivity index (χ4v) is 1.90. The predicted octanol–water partition coefficient (Wildman–Crippen LogP) is 3.52. The van der Waals surface area contributed by atoms with E-state index in [9.17, 15) is 4.79 Å². The Morgan fingerprint density at radius 1 is 1.35 bits per heavy atom. The van der Waals surface area contributed by atoms with Crippen molar-refractivity contribution in [1.29, 1.82) is 0 Å². The maximum Gasteiger partial charge on any atom is 0.315 e. The zero-order chi connectivity index (χ0) is 15.0. The molecule has 0 saturated heterocycles. The summed E-state index contributed by atoms with van der Waals surface area (Å²) < 4.78 is 5.40. The molecule has 0 radical (unpaired) electrons. The summed E-state index contributed by atoms with van der Waals surface area (Å²) in [7, 11) is 0. The number of halogens is 1. The van der Waals surface area contributed by atoms with Gasteiger partial charge in [0.05, 0.1) is 12.1 Å². The molecule has 2 amide bonds. The molecule has 0 spiro atoms. The summed E-state index contributed by atoms with van der Waals surface area (Å²) in [6, 6.07) is 7.21. The van der Waals surface area contributed by atoms with Gasteiger partial charge in [-0.15, -0.1) is 0 Å². The number of rotatable bonds is 7. The lowest BCUT2D eigenvalue weighted by molar-refractivity contribution is 0.0774. The van der Waals surface area contributed by atoms with E-state index in [2.05, 4.69) is 10.6 Å². The first-order valence-corrected chi connectivity index (χ1v) is 7.28. The second-order valence-electron chi connectivity index (χ2n) is 4.95. The van der Waals surface area contributed by atoms with Crippen LogP contribution in [0.2, 0.25) is 5.02 Å². The molecule has 1 aromatic carbocycles. The summed E-state index contributed by atoms with van der Waals surface area (Å²) in [4.78, 5) is 11.7. The van der Waals surface area contributed by atoms with Crippen molar-refractivity contribution in [2.75, 3.05) is 13.2 Å². The maximum atomic E-state index is 11.7. The Hall–Kier alpha value is -1.26. The van der Waals surface area contributed by atoms with Gasteiger partial charge in [-0.1, -0.05) is 23.7 Å². The normalized spacial score (nSPS) is 12.2. The fraction of sp³-hybridized carbons (Fsp3) is 0.533. The number of hydrogen-bond acceptors (Lipinski definition) is 2. The van der Waals surface area contributed by atoms with E-state index in [-0.39, 0.29) is 18.2 Å². The number of nitrogens with one attached hydrogen (secondary N) is 2. The summed E-state index contributed by atoms with van der Waals surface area (Å²) in [5.41, 5.74) is 0.982. The zero-order valence-corrected chi connectivity index (χ0v) is 13.0. The number of carbonyl (C=O) groups excluding carboxylic acids is 1. The molecule has 4 nitrogen and oxygen atoms in total. The molecule has 0 heterocycles. The molecular weight excluding hydrogens is 276 g/mol. The largest absolute Gasteiger partial charge is 0.379 e. The second kappa shape index (κ2) is 8.82. The summed E-state index contributed by atoms with van der Waals surface area (Å²) in [6.07, 6.45) is 1.03. The van der Waals surface area contributed by atoms with Crippen molar-refractivity contribution >= 4 is 17.6 Å². The summed E-state index contributed by atoms with van der Waals surface area (Å²) in [5, 5.41) is 6.35. The van der Waals surface area contributed by atoms with Crippen molar-refractivity contribution in [3.05, 3.63) is 34.9 Å². The topological polar surface area (TPSA) is 50.4 Å². The SMILES string of the molecule is CC(C)OCCCNC(=O)N[C@@H](C)c1cccc(Cl)c1. The van der Waals surface area contributed by atoms with Crippen LogP contribution in [-0.2, 0) is 4.74 Å². The van der Waals surface area contributed by atoms with Crippen molar-refractivity contribution in [2.45, 2.75) is 39.3 Å². The summed E-state index contributed by atoms with van der Waals surface area (Å²) in [5.74, 6) is 0. The van der Waals surface area contributed by atoms with Crippen LogP contribution in [0.3, 0.4) is 0 Å². The molecule has 0 saturated carbocycles. The van der Waals surface area contributed by atoms with Crippen LogP contribution in [0.1, 0.15) is 38.8 Å². The van der Waals surface area contributed by atoms with E-state index >= 15 is 0 Å². The van der Waals surface area contributed by atoms with Crippen LogP contribution in [-0.4, -0.2) is 25.3 Å². The van der Waals surface area contributed by atoms with Crippen LogP contribution < -0.4 is 10.6 Å². The van der Waals surface area contributed by atoms with Crippen molar-refractivity contribution in [1.82, 2.24) is 10.6 Å². The smallest absolute Gasteiger partial charge is 0.315 e. The van der Waals surface area contributed by atoms with Crippen LogP contribution in [0.4, 0.5) is 4.79 Å². The number of benzene rings is 1. The molecule has 0 aromatic heterocycles. The van der Waals surface area contributed by atoms with E-state index in [1.165, 1.54) is 0 Å². The molecule has 0 aliphatic heterocycles. The molecular formula is C15H23ClN2O2. The van der Waals surface area contributed by atoms with Crippen LogP contribution in [0.15, 0.2) is 24.3 Å². The van der Waals surface area contributed by atoms with Gasteiger partial charge in [-0.2, -0.15) is 0 Å². The van der Waals surface area contributed by atoms with Gasteiger partial charge < -0.3 is 15.4 Å². The van der Waals surface area contributed by atoms with E-state index in [0.717, 1.165) is 12.0 Å². The van der Waals surface area contributed by atoms with Crippen molar-refractivity contribution in [2.24, 2.45) is 0 Å². The zero-order valence-electron chi connectivity index (χ0n) is 12.3. The molecule has 0 aliphatic rings. The van der Waals surface area contributed by atoms with E-state index in [1.54, 1.807) is 0 Å². The number of amides is 2. The van der Waals surface area contributed by atoms with Gasteiger partial charge in [0.15, 0.2) is 0 Å².